The minimum absolute atomic E-state index is 0.0543. The number of carbonyl (C=O) groups excluding carboxylic acids is 1. The van der Waals surface area contributed by atoms with Gasteiger partial charge in [-0.15, -0.1) is 0 Å². The maximum atomic E-state index is 12.7. The first kappa shape index (κ1) is 19.8. The molecule has 0 saturated carbocycles. The van der Waals surface area contributed by atoms with Gasteiger partial charge in [0.25, 0.3) is 5.91 Å². The first-order chi connectivity index (χ1) is 14.5. The van der Waals surface area contributed by atoms with Gasteiger partial charge in [0.15, 0.2) is 0 Å². The first-order valence-corrected chi connectivity index (χ1v) is 10.3. The summed E-state index contributed by atoms with van der Waals surface area (Å²) in [4.78, 5) is 12.7. The second kappa shape index (κ2) is 8.46. The molecule has 152 valence electrons. The fraction of sp³-hybridized carbons (Fsp3) is 0.192. The van der Waals surface area contributed by atoms with Crippen molar-refractivity contribution in [1.29, 1.82) is 0 Å². The minimum Gasteiger partial charge on any atom is -0.348 e. The lowest BCUT2D eigenvalue weighted by Crippen LogP contribution is -2.23. The molecule has 0 fully saturated rings. The number of nitrogens with one attached hydrogen (secondary N) is 1. The van der Waals surface area contributed by atoms with Crippen molar-refractivity contribution in [1.82, 2.24) is 14.5 Å². The third-order valence-electron chi connectivity index (χ3n) is 5.70. The number of benzene rings is 2. The zero-order valence-corrected chi connectivity index (χ0v) is 17.7. The average molecular weight is 398 g/mol. The topological polar surface area (TPSA) is 39.0 Å². The van der Waals surface area contributed by atoms with E-state index < -0.39 is 0 Å². The Kier molecular flexibility index (Phi) is 5.57. The van der Waals surface area contributed by atoms with Crippen molar-refractivity contribution >= 4 is 5.91 Å². The molecule has 0 spiro atoms. The zero-order chi connectivity index (χ0) is 21.1. The predicted octanol–water partition coefficient (Wildman–Crippen LogP) is 5.18. The first-order valence-electron chi connectivity index (χ1n) is 10.3. The van der Waals surface area contributed by atoms with Gasteiger partial charge in [0.1, 0.15) is 5.82 Å². The van der Waals surface area contributed by atoms with E-state index in [4.69, 9.17) is 0 Å². The second-order valence-corrected chi connectivity index (χ2v) is 7.72. The second-order valence-electron chi connectivity index (χ2n) is 7.72. The largest absolute Gasteiger partial charge is 0.348 e. The number of nitrogens with zero attached hydrogens (tertiary/aromatic N) is 2. The Hall–Kier alpha value is -3.53. The highest BCUT2D eigenvalue weighted by Crippen LogP contribution is 2.27. The number of rotatable bonds is 6. The number of hydrogen-bond donors (Lipinski definition) is 1. The third-order valence-corrected chi connectivity index (χ3v) is 5.70. The molecule has 4 aromatic rings. The van der Waals surface area contributed by atoms with Crippen molar-refractivity contribution in [2.45, 2.75) is 33.9 Å². The van der Waals surface area contributed by atoms with Crippen LogP contribution in [0.4, 0.5) is 0 Å². The Labute approximate surface area is 177 Å². The van der Waals surface area contributed by atoms with Gasteiger partial charge in [0, 0.05) is 42.3 Å². The number of aromatic nitrogens is 2. The Bertz CT molecular complexity index is 1140. The molecule has 30 heavy (non-hydrogen) atoms. The highest BCUT2D eigenvalue weighted by molar-refractivity contribution is 5.94. The van der Waals surface area contributed by atoms with Crippen LogP contribution in [0.2, 0.25) is 0 Å². The highest BCUT2D eigenvalue weighted by atomic mass is 16.1. The molecular formula is C26H27N3O. The standard InChI is InChI=1S/C26H27N3O/c1-19-11-13-23(14-12-19)25(30)27-17-24-20(2)21(3)29(18-22-9-5-4-6-10-22)26(24)28-15-7-8-16-28/h4-16H,17-18H2,1-3H3,(H,27,30). The summed E-state index contributed by atoms with van der Waals surface area (Å²) in [5, 5.41) is 3.12. The van der Waals surface area contributed by atoms with E-state index >= 15 is 0 Å². The molecule has 1 N–H and O–H groups in total. The van der Waals surface area contributed by atoms with Gasteiger partial charge in [-0.2, -0.15) is 0 Å². The Morgan fingerprint density at radius 3 is 2.20 bits per heavy atom. The molecule has 2 heterocycles. The van der Waals surface area contributed by atoms with Crippen molar-refractivity contribution in [3.63, 3.8) is 0 Å². The van der Waals surface area contributed by atoms with Gasteiger partial charge in [-0.3, -0.25) is 4.79 Å². The molecule has 4 nitrogen and oxygen atoms in total. The van der Waals surface area contributed by atoms with Crippen molar-refractivity contribution in [3.8, 4) is 5.82 Å². The van der Waals surface area contributed by atoms with Gasteiger partial charge in [-0.25, -0.2) is 0 Å². The average Bonchev–Trinajstić information content (AvgIpc) is 3.36. The molecule has 4 rings (SSSR count). The van der Waals surface area contributed by atoms with Crippen molar-refractivity contribution in [2.75, 3.05) is 0 Å². The summed E-state index contributed by atoms with van der Waals surface area (Å²) >= 11 is 0. The van der Waals surface area contributed by atoms with E-state index in [9.17, 15) is 4.79 Å². The van der Waals surface area contributed by atoms with Gasteiger partial charge in [-0.1, -0.05) is 48.0 Å². The van der Waals surface area contributed by atoms with E-state index in [1.807, 2.05) is 49.4 Å². The molecule has 0 unspecified atom stereocenters. The molecule has 0 atom stereocenters. The van der Waals surface area contributed by atoms with Gasteiger partial charge < -0.3 is 14.5 Å². The van der Waals surface area contributed by atoms with E-state index in [2.05, 4.69) is 65.0 Å². The predicted molar refractivity (Wildman–Crippen MR) is 121 cm³/mol. The van der Waals surface area contributed by atoms with E-state index in [-0.39, 0.29) is 5.91 Å². The minimum atomic E-state index is -0.0543. The number of aryl methyl sites for hydroxylation is 1. The molecule has 0 saturated heterocycles. The van der Waals surface area contributed by atoms with E-state index in [1.165, 1.54) is 16.8 Å². The van der Waals surface area contributed by atoms with Gasteiger partial charge in [-0.05, 0) is 56.2 Å². The molecule has 2 aromatic carbocycles. The molecule has 0 aliphatic carbocycles. The van der Waals surface area contributed by atoms with Crippen LogP contribution in [0.1, 0.15) is 38.3 Å². The summed E-state index contributed by atoms with van der Waals surface area (Å²) in [7, 11) is 0. The van der Waals surface area contributed by atoms with Crippen LogP contribution in [0, 0.1) is 20.8 Å². The number of carbonyl (C=O) groups is 1. The summed E-state index contributed by atoms with van der Waals surface area (Å²) in [6, 6.07) is 22.2. The monoisotopic (exact) mass is 397 g/mol. The normalized spacial score (nSPS) is 10.9. The van der Waals surface area contributed by atoms with Crippen molar-refractivity contribution in [2.24, 2.45) is 0 Å². The van der Waals surface area contributed by atoms with Crippen LogP contribution < -0.4 is 5.32 Å². The van der Waals surface area contributed by atoms with Crippen molar-refractivity contribution < 1.29 is 4.79 Å². The molecule has 2 aromatic heterocycles. The van der Waals surface area contributed by atoms with Crippen molar-refractivity contribution in [3.05, 3.63) is 113 Å². The fourth-order valence-electron chi connectivity index (χ4n) is 3.83. The van der Waals surface area contributed by atoms with Crippen LogP contribution in [-0.4, -0.2) is 15.0 Å². The Morgan fingerprint density at radius 1 is 0.867 bits per heavy atom. The summed E-state index contributed by atoms with van der Waals surface area (Å²) in [6.45, 7) is 7.57. The Balaban J connectivity index is 1.67. The van der Waals surface area contributed by atoms with E-state index in [0.29, 0.717) is 12.1 Å². The quantitative estimate of drug-likeness (QED) is 0.478. The van der Waals surface area contributed by atoms with Crippen LogP contribution in [0.15, 0.2) is 79.1 Å². The smallest absolute Gasteiger partial charge is 0.251 e. The summed E-state index contributed by atoms with van der Waals surface area (Å²) in [6.07, 6.45) is 4.11. The number of amides is 1. The third kappa shape index (κ3) is 3.94. The van der Waals surface area contributed by atoms with E-state index in [0.717, 1.165) is 23.5 Å². The summed E-state index contributed by atoms with van der Waals surface area (Å²) in [5.74, 6) is 1.05. The summed E-state index contributed by atoms with van der Waals surface area (Å²) in [5.41, 5.74) is 6.63. The number of hydrogen-bond acceptors (Lipinski definition) is 1. The lowest BCUT2D eigenvalue weighted by atomic mass is 10.1. The van der Waals surface area contributed by atoms with Crippen LogP contribution in [0.5, 0.6) is 0 Å². The maximum absolute atomic E-state index is 12.7. The molecule has 0 aliphatic heterocycles. The van der Waals surface area contributed by atoms with Gasteiger partial charge in [0.05, 0.1) is 0 Å². The molecule has 1 amide bonds. The van der Waals surface area contributed by atoms with E-state index in [1.54, 1.807) is 0 Å². The van der Waals surface area contributed by atoms with Crippen LogP contribution >= 0.6 is 0 Å². The van der Waals surface area contributed by atoms with Crippen LogP contribution in [0.25, 0.3) is 5.82 Å². The molecule has 0 aliphatic rings. The molecule has 0 radical (unpaired) electrons. The summed E-state index contributed by atoms with van der Waals surface area (Å²) < 4.78 is 4.47. The van der Waals surface area contributed by atoms with Gasteiger partial charge in [0.2, 0.25) is 0 Å². The highest BCUT2D eigenvalue weighted by Gasteiger charge is 2.20. The fourth-order valence-corrected chi connectivity index (χ4v) is 3.83. The molecule has 0 bridgehead atoms. The SMILES string of the molecule is Cc1ccc(C(=O)NCc2c(C)c(C)n(Cc3ccccc3)c2-n2cccc2)cc1. The van der Waals surface area contributed by atoms with Gasteiger partial charge >= 0.3 is 0 Å². The molecule has 4 heteroatoms. The maximum Gasteiger partial charge on any atom is 0.251 e. The Morgan fingerprint density at radius 2 is 1.53 bits per heavy atom. The zero-order valence-electron chi connectivity index (χ0n) is 17.7. The van der Waals surface area contributed by atoms with Crippen LogP contribution in [0.3, 0.4) is 0 Å². The molecular weight excluding hydrogens is 370 g/mol. The van der Waals surface area contributed by atoms with Crippen LogP contribution in [-0.2, 0) is 13.1 Å². The lowest BCUT2D eigenvalue weighted by Gasteiger charge is -2.15. The lowest BCUT2D eigenvalue weighted by molar-refractivity contribution is 0.0951.